The van der Waals surface area contributed by atoms with Crippen LogP contribution in [0.15, 0.2) is 54.6 Å². The predicted octanol–water partition coefficient (Wildman–Crippen LogP) is 5.19. The zero-order chi connectivity index (χ0) is 21.8. The molecular weight excluding hydrogens is 459 g/mol. The van der Waals surface area contributed by atoms with Gasteiger partial charge in [-0.1, -0.05) is 73.3 Å². The minimum atomic E-state index is -4.42. The molecule has 2 amide bonds. The first-order valence-electron chi connectivity index (χ1n) is 10.4. The highest BCUT2D eigenvalue weighted by molar-refractivity contribution is 8.12. The van der Waals surface area contributed by atoms with Crippen LogP contribution in [0.3, 0.4) is 0 Å². The van der Waals surface area contributed by atoms with Crippen molar-refractivity contribution in [3.63, 3.8) is 0 Å². The van der Waals surface area contributed by atoms with E-state index >= 15 is 0 Å². The second kappa shape index (κ2) is 7.66. The minimum absolute atomic E-state index is 0.0588. The molecule has 1 aliphatic carbocycles. The number of urea groups is 1. The number of rotatable bonds is 4. The van der Waals surface area contributed by atoms with E-state index in [0.29, 0.717) is 10.6 Å². The Labute approximate surface area is 191 Å². The molecule has 2 aliphatic heterocycles. The second-order valence-corrected chi connectivity index (χ2v) is 11.1. The van der Waals surface area contributed by atoms with Crippen molar-refractivity contribution in [3.8, 4) is 0 Å². The fraction of sp³-hybridized carbons (Fsp3) is 0.409. The van der Waals surface area contributed by atoms with E-state index in [1.54, 1.807) is 29.2 Å². The Hall–Kier alpha value is -1.80. The van der Waals surface area contributed by atoms with Crippen molar-refractivity contribution >= 4 is 37.6 Å². The first-order valence-corrected chi connectivity index (χ1v) is 13.0. The first kappa shape index (κ1) is 21.1. The van der Waals surface area contributed by atoms with Gasteiger partial charge in [0.05, 0.1) is 0 Å². The maximum atomic E-state index is 13.6. The zero-order valence-corrected chi connectivity index (χ0v) is 19.0. The third-order valence-electron chi connectivity index (χ3n) is 6.56. The van der Waals surface area contributed by atoms with Crippen LogP contribution in [0.1, 0.15) is 49.3 Å². The quantitative estimate of drug-likeness (QED) is 0.564. The number of ether oxygens (including phenoxy) is 1. The molecule has 3 unspecified atom stereocenters. The number of nitrogens with zero attached hydrogens (tertiary/aromatic N) is 2. The summed E-state index contributed by atoms with van der Waals surface area (Å²) in [5.41, 5.74) is -0.107. The highest BCUT2D eigenvalue weighted by atomic mass is 35.7. The largest absolute Gasteiger partial charge is 0.338 e. The van der Waals surface area contributed by atoms with Gasteiger partial charge in [0, 0.05) is 27.3 Å². The molecule has 0 aromatic heterocycles. The molecule has 2 aromatic carbocycles. The highest BCUT2D eigenvalue weighted by Gasteiger charge is 2.74. The van der Waals surface area contributed by atoms with Crippen LogP contribution in [0.4, 0.5) is 4.79 Å². The maximum absolute atomic E-state index is 13.6. The van der Waals surface area contributed by atoms with E-state index in [1.807, 2.05) is 30.3 Å². The molecule has 31 heavy (non-hydrogen) atoms. The van der Waals surface area contributed by atoms with Crippen molar-refractivity contribution in [2.24, 2.45) is 0 Å². The van der Waals surface area contributed by atoms with E-state index in [9.17, 15) is 13.2 Å². The average molecular weight is 481 g/mol. The van der Waals surface area contributed by atoms with Gasteiger partial charge in [0.25, 0.3) is 0 Å². The van der Waals surface area contributed by atoms with E-state index in [-0.39, 0.29) is 6.04 Å². The van der Waals surface area contributed by atoms with E-state index in [1.165, 1.54) is 0 Å². The number of hydrogen-bond donors (Lipinski definition) is 0. The summed E-state index contributed by atoms with van der Waals surface area (Å²) in [6.45, 7) is 0. The zero-order valence-electron chi connectivity index (χ0n) is 16.7. The lowest BCUT2D eigenvalue weighted by Crippen LogP contribution is -2.64. The normalized spacial score (nSPS) is 29.0. The van der Waals surface area contributed by atoms with Gasteiger partial charge < -0.3 is 9.64 Å². The van der Waals surface area contributed by atoms with Crippen molar-refractivity contribution in [1.29, 1.82) is 0 Å². The minimum Gasteiger partial charge on any atom is -0.338 e. The Bertz CT molecular complexity index is 1090. The van der Waals surface area contributed by atoms with Gasteiger partial charge in [-0.2, -0.15) is 12.7 Å². The monoisotopic (exact) mass is 480 g/mol. The summed E-state index contributed by atoms with van der Waals surface area (Å²) >= 11 is 6.07. The molecule has 2 saturated heterocycles. The van der Waals surface area contributed by atoms with Crippen molar-refractivity contribution in [3.05, 3.63) is 70.7 Å². The molecule has 2 aromatic rings. The topological polar surface area (TPSA) is 66.9 Å². The van der Waals surface area contributed by atoms with Gasteiger partial charge in [0.1, 0.15) is 12.1 Å². The number of halogens is 2. The van der Waals surface area contributed by atoms with Crippen molar-refractivity contribution in [2.45, 2.75) is 56.0 Å². The van der Waals surface area contributed by atoms with E-state index in [4.69, 9.17) is 27.0 Å². The van der Waals surface area contributed by atoms with Crippen LogP contribution in [0.5, 0.6) is 0 Å². The number of carbonyl (C=O) groups is 1. The van der Waals surface area contributed by atoms with Crippen LogP contribution in [0, 0.1) is 0 Å². The Morgan fingerprint density at radius 1 is 0.968 bits per heavy atom. The lowest BCUT2D eigenvalue weighted by atomic mass is 9.80. The van der Waals surface area contributed by atoms with Crippen molar-refractivity contribution in [2.75, 3.05) is 0 Å². The molecule has 0 radical (unpaired) electrons. The molecule has 3 atom stereocenters. The van der Waals surface area contributed by atoms with E-state index in [2.05, 4.69) is 0 Å². The lowest BCUT2D eigenvalue weighted by molar-refractivity contribution is -0.284. The first-order chi connectivity index (χ1) is 14.8. The molecule has 6 nitrogen and oxygen atoms in total. The third kappa shape index (κ3) is 3.25. The fourth-order valence-corrected chi connectivity index (χ4v) is 6.74. The molecular formula is C22H22Cl2N2O4S. The molecule has 0 spiro atoms. The summed E-state index contributed by atoms with van der Waals surface area (Å²) in [7, 11) is 1.42. The standard InChI is InChI=1S/C22H22Cl2N2O4S/c23-17-13-11-16(12-14-17)22-20(19(30-22)15-7-3-1-4-8-15)25(18-9-5-2-6-10-18)21(27)26(22)31(24,28)29/h1,3-4,7-8,11-14,18-20H,2,5-6,9-10H2. The maximum Gasteiger partial charge on any atom is 0.338 e. The summed E-state index contributed by atoms with van der Waals surface area (Å²) < 4.78 is 32.5. The van der Waals surface area contributed by atoms with Crippen LogP contribution in [0.2, 0.25) is 5.02 Å². The van der Waals surface area contributed by atoms with Gasteiger partial charge in [-0.05, 0) is 30.5 Å². The van der Waals surface area contributed by atoms with Crippen LogP contribution in [-0.4, -0.2) is 35.7 Å². The number of fused-ring (bicyclic) bond motifs is 1. The Morgan fingerprint density at radius 2 is 1.61 bits per heavy atom. The van der Waals surface area contributed by atoms with Crippen LogP contribution < -0.4 is 0 Å². The van der Waals surface area contributed by atoms with Crippen molar-refractivity contribution in [1.82, 2.24) is 9.21 Å². The van der Waals surface area contributed by atoms with Crippen LogP contribution in [-0.2, 0) is 19.7 Å². The average Bonchev–Trinajstić information content (AvgIpc) is 2.95. The Morgan fingerprint density at radius 3 is 2.23 bits per heavy atom. The molecule has 3 aliphatic rings. The number of amides is 2. The lowest BCUT2D eigenvalue weighted by Gasteiger charge is -2.54. The van der Waals surface area contributed by atoms with Gasteiger partial charge in [-0.3, -0.25) is 0 Å². The van der Waals surface area contributed by atoms with Gasteiger partial charge in [0.15, 0.2) is 0 Å². The second-order valence-electron chi connectivity index (χ2n) is 8.29. The smallest absolute Gasteiger partial charge is 0.338 e. The molecule has 0 bridgehead atoms. The molecule has 3 fully saturated rings. The summed E-state index contributed by atoms with van der Waals surface area (Å²) in [5.74, 6) is 0. The van der Waals surface area contributed by atoms with Crippen molar-refractivity contribution < 1.29 is 17.9 Å². The summed E-state index contributed by atoms with van der Waals surface area (Å²) in [6.07, 6.45) is 4.31. The molecule has 5 rings (SSSR count). The highest BCUT2D eigenvalue weighted by Crippen LogP contribution is 2.60. The summed E-state index contributed by atoms with van der Waals surface area (Å²) in [4.78, 5) is 15.3. The number of carbonyl (C=O) groups excluding carboxylic acids is 1. The number of hydrogen-bond acceptors (Lipinski definition) is 4. The molecule has 1 saturated carbocycles. The molecule has 0 N–H and O–H groups in total. The van der Waals surface area contributed by atoms with Gasteiger partial charge in [-0.25, -0.2) is 4.79 Å². The van der Waals surface area contributed by atoms with Crippen LogP contribution >= 0.6 is 22.3 Å². The molecule has 2 heterocycles. The fourth-order valence-electron chi connectivity index (χ4n) is 5.26. The summed E-state index contributed by atoms with van der Waals surface area (Å²) in [6, 6.07) is 15.1. The van der Waals surface area contributed by atoms with E-state index in [0.717, 1.165) is 42.0 Å². The third-order valence-corrected chi connectivity index (χ3v) is 8.09. The summed E-state index contributed by atoms with van der Waals surface area (Å²) in [5, 5.41) is 0.504. The van der Waals surface area contributed by atoms with Gasteiger partial charge >= 0.3 is 15.3 Å². The van der Waals surface area contributed by atoms with E-state index < -0.39 is 33.1 Å². The predicted molar refractivity (Wildman–Crippen MR) is 118 cm³/mol. The molecule has 9 heteroatoms. The van der Waals surface area contributed by atoms with Gasteiger partial charge in [-0.15, -0.1) is 0 Å². The number of benzene rings is 2. The Kier molecular flexibility index (Phi) is 5.20. The molecule has 164 valence electrons. The SMILES string of the molecule is O=C1N(C2CCCCC2)C2C(c3ccccc3)OC2(c2ccc(Cl)cc2)N1S(=O)(=O)Cl. The van der Waals surface area contributed by atoms with Gasteiger partial charge in [0.2, 0.25) is 5.72 Å². The van der Waals surface area contributed by atoms with Crippen LogP contribution in [0.25, 0.3) is 0 Å². The Balaban J connectivity index is 1.68.